The third kappa shape index (κ3) is 4.34. The van der Waals surface area contributed by atoms with Gasteiger partial charge in [-0.1, -0.05) is 68.3 Å². The van der Waals surface area contributed by atoms with E-state index in [0.717, 1.165) is 15.5 Å². The predicted octanol–water partition coefficient (Wildman–Crippen LogP) is 6.38. The molecule has 23 heavy (non-hydrogen) atoms. The van der Waals surface area contributed by atoms with Crippen molar-refractivity contribution in [2.24, 2.45) is 0 Å². The Morgan fingerprint density at radius 2 is 1.74 bits per heavy atom. The highest BCUT2D eigenvalue weighted by Crippen LogP contribution is 2.31. The minimum absolute atomic E-state index is 1.08. The van der Waals surface area contributed by atoms with Crippen LogP contribution in [0.15, 0.2) is 57.5 Å². The van der Waals surface area contributed by atoms with E-state index in [-0.39, 0.29) is 0 Å². The predicted molar refractivity (Wildman–Crippen MR) is 107 cm³/mol. The zero-order valence-corrected chi connectivity index (χ0v) is 16.5. The standard InChI is InChI=1S/C20H21Br2N/c1-15(10-13-23-11-2-3-12-23)16-4-6-17(7-5-16)19-9-8-18(21)14-20(19)22/h4-10,14H,2-3,11-13H2,1H3. The first-order chi connectivity index (χ1) is 11.1. The lowest BCUT2D eigenvalue weighted by Gasteiger charge is -2.12. The van der Waals surface area contributed by atoms with Crippen molar-refractivity contribution in [1.82, 2.24) is 4.90 Å². The molecule has 0 aliphatic carbocycles. The number of nitrogens with zero attached hydrogens (tertiary/aromatic N) is 1. The van der Waals surface area contributed by atoms with Gasteiger partial charge in [0.25, 0.3) is 0 Å². The zero-order chi connectivity index (χ0) is 16.2. The molecule has 1 aliphatic rings. The average molecular weight is 435 g/mol. The second kappa shape index (κ2) is 7.78. The van der Waals surface area contributed by atoms with Crippen LogP contribution < -0.4 is 0 Å². The van der Waals surface area contributed by atoms with Gasteiger partial charge in [0.2, 0.25) is 0 Å². The third-order valence-electron chi connectivity index (χ3n) is 4.44. The van der Waals surface area contributed by atoms with Crippen LogP contribution in [0.2, 0.25) is 0 Å². The molecule has 1 nitrogen and oxygen atoms in total. The maximum Gasteiger partial charge on any atom is 0.0264 e. The van der Waals surface area contributed by atoms with E-state index in [9.17, 15) is 0 Å². The lowest BCUT2D eigenvalue weighted by atomic mass is 10.0. The number of allylic oxidation sites excluding steroid dienone is 1. The molecule has 2 aromatic carbocycles. The van der Waals surface area contributed by atoms with Gasteiger partial charge in [0.05, 0.1) is 0 Å². The second-order valence-corrected chi connectivity index (χ2v) is 7.87. The summed E-state index contributed by atoms with van der Waals surface area (Å²) < 4.78 is 2.20. The summed E-state index contributed by atoms with van der Waals surface area (Å²) in [7, 11) is 0. The van der Waals surface area contributed by atoms with Gasteiger partial charge in [-0.2, -0.15) is 0 Å². The van der Waals surface area contributed by atoms with Gasteiger partial charge in [0, 0.05) is 15.5 Å². The third-order valence-corrected chi connectivity index (χ3v) is 5.59. The fourth-order valence-electron chi connectivity index (χ4n) is 2.99. The summed E-state index contributed by atoms with van der Waals surface area (Å²) in [5.74, 6) is 0. The van der Waals surface area contributed by atoms with Gasteiger partial charge >= 0.3 is 0 Å². The summed E-state index contributed by atoms with van der Waals surface area (Å²) in [5, 5.41) is 0. The van der Waals surface area contributed by atoms with Gasteiger partial charge in [0.15, 0.2) is 0 Å². The number of hydrogen-bond acceptors (Lipinski definition) is 1. The Morgan fingerprint density at radius 3 is 2.39 bits per heavy atom. The molecule has 0 atom stereocenters. The Hall–Kier alpha value is -0.900. The van der Waals surface area contributed by atoms with Gasteiger partial charge < -0.3 is 0 Å². The molecule has 1 aliphatic heterocycles. The molecule has 0 bridgehead atoms. The van der Waals surface area contributed by atoms with E-state index in [2.05, 4.69) is 92.2 Å². The first-order valence-electron chi connectivity index (χ1n) is 8.08. The molecule has 120 valence electrons. The van der Waals surface area contributed by atoms with E-state index in [0.29, 0.717) is 0 Å². The van der Waals surface area contributed by atoms with E-state index in [1.165, 1.54) is 48.2 Å². The normalized spacial score (nSPS) is 16.0. The molecule has 0 unspecified atom stereocenters. The topological polar surface area (TPSA) is 3.24 Å². The summed E-state index contributed by atoms with van der Waals surface area (Å²) in [6, 6.07) is 15.2. The second-order valence-electron chi connectivity index (χ2n) is 6.10. The molecule has 0 radical (unpaired) electrons. The Bertz CT molecular complexity index is 698. The van der Waals surface area contributed by atoms with Gasteiger partial charge in [-0.15, -0.1) is 0 Å². The van der Waals surface area contributed by atoms with Crippen LogP contribution in [0, 0.1) is 0 Å². The number of benzene rings is 2. The molecule has 1 saturated heterocycles. The van der Waals surface area contributed by atoms with Crippen molar-refractivity contribution in [3.63, 3.8) is 0 Å². The monoisotopic (exact) mass is 433 g/mol. The summed E-state index contributed by atoms with van der Waals surface area (Å²) in [6.45, 7) is 5.78. The maximum absolute atomic E-state index is 3.65. The molecule has 0 amide bonds. The van der Waals surface area contributed by atoms with Crippen LogP contribution in [-0.4, -0.2) is 24.5 Å². The fraction of sp³-hybridized carbons (Fsp3) is 0.300. The van der Waals surface area contributed by atoms with Crippen LogP contribution in [-0.2, 0) is 0 Å². The van der Waals surface area contributed by atoms with Crippen LogP contribution in [0.1, 0.15) is 25.3 Å². The Kier molecular flexibility index (Phi) is 5.73. The molecular formula is C20H21Br2N. The van der Waals surface area contributed by atoms with Crippen molar-refractivity contribution < 1.29 is 0 Å². The minimum atomic E-state index is 1.08. The van der Waals surface area contributed by atoms with E-state index in [4.69, 9.17) is 0 Å². The molecule has 0 spiro atoms. The van der Waals surface area contributed by atoms with Crippen molar-refractivity contribution in [3.8, 4) is 11.1 Å². The lowest BCUT2D eigenvalue weighted by Crippen LogP contribution is -2.18. The van der Waals surface area contributed by atoms with Crippen LogP contribution >= 0.6 is 31.9 Å². The highest BCUT2D eigenvalue weighted by Gasteiger charge is 2.09. The number of hydrogen-bond donors (Lipinski definition) is 0. The van der Waals surface area contributed by atoms with Crippen LogP contribution in [0.4, 0.5) is 0 Å². The summed E-state index contributed by atoms with van der Waals surface area (Å²) in [4.78, 5) is 2.52. The van der Waals surface area contributed by atoms with E-state index >= 15 is 0 Å². The number of likely N-dealkylation sites (tertiary alicyclic amines) is 1. The van der Waals surface area contributed by atoms with Crippen molar-refractivity contribution in [3.05, 3.63) is 63.0 Å². The smallest absolute Gasteiger partial charge is 0.0264 e. The first kappa shape index (κ1) is 16.9. The van der Waals surface area contributed by atoms with Gasteiger partial charge in [-0.25, -0.2) is 0 Å². The Labute approximate surface area is 155 Å². The SMILES string of the molecule is CC(=CCN1CCCC1)c1ccc(-c2ccc(Br)cc2Br)cc1. The molecule has 1 fully saturated rings. The largest absolute Gasteiger partial charge is 0.300 e. The Morgan fingerprint density at radius 1 is 1.04 bits per heavy atom. The van der Waals surface area contributed by atoms with Crippen molar-refractivity contribution in [2.45, 2.75) is 19.8 Å². The number of rotatable bonds is 4. The van der Waals surface area contributed by atoms with Gasteiger partial charge in [-0.3, -0.25) is 4.90 Å². The Balaban J connectivity index is 1.74. The minimum Gasteiger partial charge on any atom is -0.300 e. The van der Waals surface area contributed by atoms with Crippen molar-refractivity contribution in [2.75, 3.05) is 19.6 Å². The average Bonchev–Trinajstić information content (AvgIpc) is 3.06. The highest BCUT2D eigenvalue weighted by molar-refractivity contribution is 9.11. The van der Waals surface area contributed by atoms with Crippen LogP contribution in [0.5, 0.6) is 0 Å². The van der Waals surface area contributed by atoms with Crippen LogP contribution in [0.25, 0.3) is 16.7 Å². The van der Waals surface area contributed by atoms with Gasteiger partial charge in [0.1, 0.15) is 0 Å². The van der Waals surface area contributed by atoms with Crippen molar-refractivity contribution in [1.29, 1.82) is 0 Å². The molecule has 0 aromatic heterocycles. The molecule has 0 saturated carbocycles. The summed E-state index contributed by atoms with van der Waals surface area (Å²) in [6.07, 6.45) is 5.06. The first-order valence-corrected chi connectivity index (χ1v) is 9.67. The van der Waals surface area contributed by atoms with E-state index in [1.807, 2.05) is 0 Å². The zero-order valence-electron chi connectivity index (χ0n) is 13.4. The summed E-state index contributed by atoms with van der Waals surface area (Å²) in [5.41, 5.74) is 5.12. The molecule has 2 aromatic rings. The molecule has 3 heteroatoms. The maximum atomic E-state index is 3.65. The highest BCUT2D eigenvalue weighted by atomic mass is 79.9. The molecule has 1 heterocycles. The van der Waals surface area contributed by atoms with E-state index in [1.54, 1.807) is 0 Å². The fourth-order valence-corrected chi connectivity index (χ4v) is 4.26. The quantitative estimate of drug-likeness (QED) is 0.539. The summed E-state index contributed by atoms with van der Waals surface area (Å²) >= 11 is 7.15. The number of halogens is 2. The van der Waals surface area contributed by atoms with Crippen LogP contribution in [0.3, 0.4) is 0 Å². The van der Waals surface area contributed by atoms with E-state index < -0.39 is 0 Å². The molecule has 0 N–H and O–H groups in total. The van der Waals surface area contributed by atoms with Gasteiger partial charge in [-0.05, 0) is 67.3 Å². The molecule has 3 rings (SSSR count). The molecular weight excluding hydrogens is 414 g/mol. The lowest BCUT2D eigenvalue weighted by molar-refractivity contribution is 0.377. The van der Waals surface area contributed by atoms with Crippen molar-refractivity contribution >= 4 is 37.4 Å².